The summed E-state index contributed by atoms with van der Waals surface area (Å²) in [6, 6.07) is 19.8. The fourth-order valence-electron chi connectivity index (χ4n) is 5.61. The number of β-lactam (4-membered cyclic amide) rings is 1. The van der Waals surface area contributed by atoms with E-state index < -0.39 is 34.9 Å². The predicted octanol–water partition coefficient (Wildman–Crippen LogP) is 3.46. The molecule has 0 spiro atoms. The Morgan fingerprint density at radius 1 is 1.10 bits per heavy atom. The second-order valence-electron chi connectivity index (χ2n) is 10.7. The number of aromatic hydroxyl groups is 1. The van der Waals surface area contributed by atoms with Crippen LogP contribution in [0, 0.1) is 6.92 Å². The normalized spacial score (nSPS) is 20.9. The van der Waals surface area contributed by atoms with Gasteiger partial charge in [-0.15, -0.1) is 11.8 Å². The van der Waals surface area contributed by atoms with E-state index in [2.05, 4.69) is 5.32 Å². The van der Waals surface area contributed by atoms with E-state index in [1.54, 1.807) is 24.0 Å². The number of likely N-dealkylation sites (tertiary alicyclic amines) is 1. The molecule has 0 aliphatic carbocycles. The van der Waals surface area contributed by atoms with Crippen molar-refractivity contribution in [3.05, 3.63) is 95.1 Å². The number of phenolic OH excluding ortho intramolecular Hbond substituents is 1. The average Bonchev–Trinajstić information content (AvgIpc) is 3.30. The summed E-state index contributed by atoms with van der Waals surface area (Å²) < 4.78 is 5.59. The van der Waals surface area contributed by atoms with Gasteiger partial charge in [0.1, 0.15) is 22.4 Å². The van der Waals surface area contributed by atoms with Crippen LogP contribution in [0.5, 0.6) is 11.5 Å². The van der Waals surface area contributed by atoms with Crippen molar-refractivity contribution >= 4 is 29.5 Å². The van der Waals surface area contributed by atoms with Crippen molar-refractivity contribution in [2.75, 3.05) is 12.5 Å². The summed E-state index contributed by atoms with van der Waals surface area (Å²) in [7, 11) is 0. The quantitative estimate of drug-likeness (QED) is 0.310. The highest BCUT2D eigenvalue weighted by atomic mass is 32.2. The Morgan fingerprint density at radius 2 is 1.81 bits per heavy atom. The van der Waals surface area contributed by atoms with Crippen LogP contribution in [0.4, 0.5) is 0 Å². The highest BCUT2D eigenvalue weighted by molar-refractivity contribution is 8.01. The molecule has 0 bridgehead atoms. The van der Waals surface area contributed by atoms with Crippen molar-refractivity contribution in [1.29, 1.82) is 0 Å². The predicted molar refractivity (Wildman–Crippen MR) is 160 cm³/mol. The number of benzene rings is 3. The summed E-state index contributed by atoms with van der Waals surface area (Å²) in [6.45, 7) is 6.39. The Hall–Kier alpha value is -4.02. The van der Waals surface area contributed by atoms with Gasteiger partial charge in [-0.05, 0) is 62.6 Å². The Kier molecular flexibility index (Phi) is 8.47. The van der Waals surface area contributed by atoms with Crippen LogP contribution in [-0.2, 0) is 22.6 Å². The third kappa shape index (κ3) is 5.56. The molecule has 2 saturated heterocycles. The largest absolute Gasteiger partial charge is 0.508 e. The van der Waals surface area contributed by atoms with Crippen LogP contribution in [0.15, 0.2) is 72.8 Å². The molecule has 9 nitrogen and oxygen atoms in total. The number of amides is 3. The fourth-order valence-corrected chi connectivity index (χ4v) is 6.98. The minimum Gasteiger partial charge on any atom is -0.508 e. The lowest BCUT2D eigenvalue weighted by Gasteiger charge is -2.52. The van der Waals surface area contributed by atoms with Gasteiger partial charge in [0.25, 0.3) is 11.8 Å². The molecule has 5 rings (SSSR count). The molecule has 2 aliphatic heterocycles. The first kappa shape index (κ1) is 29.5. The van der Waals surface area contributed by atoms with Crippen LogP contribution in [0.25, 0.3) is 0 Å². The van der Waals surface area contributed by atoms with E-state index in [0.29, 0.717) is 18.7 Å². The number of carbonyl (C=O) groups is 3. The zero-order chi connectivity index (χ0) is 30.0. The van der Waals surface area contributed by atoms with Crippen LogP contribution in [0.3, 0.4) is 0 Å². The first-order valence-corrected chi connectivity index (χ1v) is 14.9. The first-order valence-electron chi connectivity index (χ1n) is 13.9. The number of aliphatic hydroxyl groups is 1. The van der Waals surface area contributed by atoms with Gasteiger partial charge in [0.15, 0.2) is 6.10 Å². The molecule has 3 aromatic carbocycles. The number of nitrogens with one attached hydrogen (secondary N) is 1. The second kappa shape index (κ2) is 12.1. The van der Waals surface area contributed by atoms with E-state index in [-0.39, 0.29) is 29.5 Å². The lowest BCUT2D eigenvalue weighted by molar-refractivity contribution is -0.168. The lowest BCUT2D eigenvalue weighted by Crippen LogP contribution is -2.73. The van der Waals surface area contributed by atoms with Crippen molar-refractivity contribution < 1.29 is 29.3 Å². The number of hydrogen-bond donors (Lipinski definition) is 3. The van der Waals surface area contributed by atoms with Crippen LogP contribution in [0.2, 0.25) is 0 Å². The minimum absolute atomic E-state index is 0.0232. The summed E-state index contributed by atoms with van der Waals surface area (Å²) in [5.74, 6) is -0.381. The fraction of sp³-hybridized carbons (Fsp3) is 0.344. The van der Waals surface area contributed by atoms with Crippen molar-refractivity contribution in [3.8, 4) is 11.5 Å². The molecule has 42 heavy (non-hydrogen) atoms. The van der Waals surface area contributed by atoms with E-state index in [1.165, 1.54) is 22.7 Å². The third-order valence-electron chi connectivity index (χ3n) is 7.98. The number of phenols is 1. The van der Waals surface area contributed by atoms with Crippen molar-refractivity contribution in [2.24, 2.45) is 0 Å². The Bertz CT molecular complexity index is 1480. The second-order valence-corrected chi connectivity index (χ2v) is 12.1. The summed E-state index contributed by atoms with van der Waals surface area (Å²) in [5.41, 5.74) is 2.39. The lowest BCUT2D eigenvalue weighted by atomic mass is 9.92. The Balaban J connectivity index is 1.33. The summed E-state index contributed by atoms with van der Waals surface area (Å²) in [6.07, 6.45) is -1.41. The van der Waals surface area contributed by atoms with Gasteiger partial charge in [-0.3, -0.25) is 14.4 Å². The monoisotopic (exact) mass is 589 g/mol. The number of rotatable bonds is 10. The molecular weight excluding hydrogens is 554 g/mol. The molecular formula is C32H35N3O6S. The van der Waals surface area contributed by atoms with Gasteiger partial charge in [-0.25, -0.2) is 0 Å². The van der Waals surface area contributed by atoms with Crippen LogP contribution in [-0.4, -0.2) is 73.3 Å². The maximum Gasteiger partial charge on any atom is 0.255 e. The molecule has 10 heteroatoms. The van der Waals surface area contributed by atoms with Gasteiger partial charge >= 0.3 is 0 Å². The molecule has 0 aromatic heterocycles. The summed E-state index contributed by atoms with van der Waals surface area (Å²) >= 11 is 1.48. The molecule has 3 amide bonds. The van der Waals surface area contributed by atoms with Crippen molar-refractivity contribution in [1.82, 2.24) is 15.1 Å². The molecule has 2 unspecified atom stereocenters. The van der Waals surface area contributed by atoms with Crippen molar-refractivity contribution in [3.63, 3.8) is 0 Å². The number of hydrogen-bond acceptors (Lipinski definition) is 7. The smallest absolute Gasteiger partial charge is 0.255 e. The van der Waals surface area contributed by atoms with Gasteiger partial charge in [0.05, 0.1) is 18.5 Å². The Morgan fingerprint density at radius 3 is 2.55 bits per heavy atom. The number of nitrogens with zero attached hydrogens (tertiary/aromatic N) is 2. The van der Waals surface area contributed by atoms with Crippen LogP contribution < -0.4 is 10.1 Å². The molecule has 0 saturated carbocycles. The molecule has 3 aromatic rings. The minimum atomic E-state index is -1.60. The maximum atomic E-state index is 13.8. The van der Waals surface area contributed by atoms with E-state index in [0.717, 1.165) is 16.9 Å². The number of aliphatic hydroxyl groups excluding tert-OH is 1. The average molecular weight is 590 g/mol. The van der Waals surface area contributed by atoms with Gasteiger partial charge in [-0.2, -0.15) is 0 Å². The van der Waals surface area contributed by atoms with E-state index in [9.17, 15) is 24.6 Å². The SMILES string of the molecule is CCOc1cccc(CN2C(=O)[C@H]3N(C(=O)[C@@H](O)C(Cc4ccccc4)NC(=O)c4cccc(O)c4C)CSC32C)c1. The number of fused-ring (bicyclic) bond motifs is 1. The molecule has 220 valence electrons. The van der Waals surface area contributed by atoms with Gasteiger partial charge in [-0.1, -0.05) is 48.5 Å². The van der Waals surface area contributed by atoms with E-state index >= 15 is 0 Å². The third-order valence-corrected chi connectivity index (χ3v) is 9.42. The van der Waals surface area contributed by atoms with Crippen molar-refractivity contribution in [2.45, 2.75) is 56.8 Å². The molecule has 4 atom stereocenters. The van der Waals surface area contributed by atoms with Gasteiger partial charge in [0.2, 0.25) is 5.91 Å². The first-order chi connectivity index (χ1) is 20.1. The van der Waals surface area contributed by atoms with Gasteiger partial charge < -0.3 is 30.1 Å². The molecule has 3 N–H and O–H groups in total. The zero-order valence-corrected chi connectivity index (χ0v) is 24.6. The Labute approximate surface area is 249 Å². The van der Waals surface area contributed by atoms with Crippen LogP contribution in [0.1, 0.15) is 40.9 Å². The zero-order valence-electron chi connectivity index (χ0n) is 23.8. The number of ether oxygens (including phenoxy) is 1. The van der Waals surface area contributed by atoms with Crippen LogP contribution >= 0.6 is 11.8 Å². The molecule has 2 fully saturated rings. The van der Waals surface area contributed by atoms with E-state index in [4.69, 9.17) is 4.74 Å². The van der Waals surface area contributed by atoms with E-state index in [1.807, 2.05) is 68.4 Å². The van der Waals surface area contributed by atoms with Gasteiger partial charge in [0, 0.05) is 17.7 Å². The number of thioether (sulfide) groups is 1. The molecule has 2 heterocycles. The summed E-state index contributed by atoms with van der Waals surface area (Å²) in [4.78, 5) is 42.9. The highest BCUT2D eigenvalue weighted by Crippen LogP contribution is 2.51. The summed E-state index contributed by atoms with van der Waals surface area (Å²) in [5, 5.41) is 24.3. The highest BCUT2D eigenvalue weighted by Gasteiger charge is 2.65. The number of carbonyl (C=O) groups excluding carboxylic acids is 3. The maximum absolute atomic E-state index is 13.8. The standard InChI is InChI=1S/C32H35N3O6S/c1-4-41-23-13-8-12-22(16-23)18-35-31(40)28-32(35,3)42-19-34(28)30(39)27(37)25(17-21-10-6-5-7-11-21)33-29(38)24-14-9-15-26(36)20(24)2/h5-16,25,27-28,36-37H,4,17-19H2,1-3H3,(H,33,38)/t25?,27-,28+,32?/m0/s1. The molecule has 0 radical (unpaired) electrons. The topological polar surface area (TPSA) is 119 Å². The molecule has 2 aliphatic rings.